The molecule has 1 rings (SSSR count). The van der Waals surface area contributed by atoms with Crippen molar-refractivity contribution in [1.29, 1.82) is 0 Å². The summed E-state index contributed by atoms with van der Waals surface area (Å²) >= 11 is 0. The van der Waals surface area contributed by atoms with Gasteiger partial charge in [0.05, 0.1) is 11.5 Å². The Morgan fingerprint density at radius 3 is 2.72 bits per heavy atom. The molecule has 0 radical (unpaired) electrons. The third-order valence-electron chi connectivity index (χ3n) is 2.72. The van der Waals surface area contributed by atoms with Gasteiger partial charge in [-0.2, -0.15) is 0 Å². The first-order valence-corrected chi connectivity index (χ1v) is 5.69. The Hall–Kier alpha value is -1.91. The van der Waals surface area contributed by atoms with Gasteiger partial charge in [-0.1, -0.05) is 19.1 Å². The van der Waals surface area contributed by atoms with Gasteiger partial charge in [0.25, 0.3) is 5.91 Å². The van der Waals surface area contributed by atoms with E-state index in [4.69, 9.17) is 5.11 Å². The Morgan fingerprint density at radius 2 is 2.11 bits per heavy atom. The van der Waals surface area contributed by atoms with E-state index in [0.29, 0.717) is 12.0 Å². The van der Waals surface area contributed by atoms with Gasteiger partial charge in [0.1, 0.15) is 5.82 Å². The van der Waals surface area contributed by atoms with Gasteiger partial charge in [0.15, 0.2) is 0 Å². The van der Waals surface area contributed by atoms with E-state index in [1.54, 1.807) is 26.0 Å². The van der Waals surface area contributed by atoms with E-state index in [0.717, 1.165) is 0 Å². The quantitative estimate of drug-likeness (QED) is 0.843. The van der Waals surface area contributed by atoms with E-state index in [2.05, 4.69) is 5.32 Å². The van der Waals surface area contributed by atoms with Crippen molar-refractivity contribution in [1.82, 2.24) is 5.32 Å². The molecule has 4 nitrogen and oxygen atoms in total. The van der Waals surface area contributed by atoms with E-state index in [1.165, 1.54) is 6.07 Å². The molecule has 0 bridgehead atoms. The van der Waals surface area contributed by atoms with Crippen LogP contribution in [-0.2, 0) is 4.79 Å². The maximum atomic E-state index is 13.6. The zero-order valence-corrected chi connectivity index (χ0v) is 10.4. The SMILES string of the molecule is Cc1cccc(C(=O)NCCC(C)C(=O)O)c1F. The number of aryl methyl sites for hydroxylation is 1. The van der Waals surface area contributed by atoms with Crippen LogP contribution in [0.2, 0.25) is 0 Å². The normalized spacial score (nSPS) is 11.9. The molecule has 0 saturated carbocycles. The van der Waals surface area contributed by atoms with Crippen molar-refractivity contribution in [3.05, 3.63) is 35.1 Å². The fourth-order valence-electron chi connectivity index (χ4n) is 1.44. The highest BCUT2D eigenvalue weighted by atomic mass is 19.1. The lowest BCUT2D eigenvalue weighted by atomic mass is 10.1. The molecule has 98 valence electrons. The van der Waals surface area contributed by atoms with Crippen molar-refractivity contribution in [2.75, 3.05) is 6.54 Å². The lowest BCUT2D eigenvalue weighted by molar-refractivity contribution is -0.141. The number of hydrogen-bond donors (Lipinski definition) is 2. The maximum Gasteiger partial charge on any atom is 0.306 e. The summed E-state index contributed by atoms with van der Waals surface area (Å²) in [6.45, 7) is 3.35. The van der Waals surface area contributed by atoms with E-state index in [-0.39, 0.29) is 12.1 Å². The van der Waals surface area contributed by atoms with Gasteiger partial charge in [-0.3, -0.25) is 9.59 Å². The predicted molar refractivity (Wildman–Crippen MR) is 64.9 cm³/mol. The predicted octanol–water partition coefficient (Wildman–Crippen LogP) is 1.97. The summed E-state index contributed by atoms with van der Waals surface area (Å²) in [4.78, 5) is 22.2. The zero-order valence-electron chi connectivity index (χ0n) is 10.4. The highest BCUT2D eigenvalue weighted by Crippen LogP contribution is 2.11. The number of halogens is 1. The molecule has 18 heavy (non-hydrogen) atoms. The first-order valence-electron chi connectivity index (χ1n) is 5.69. The molecule has 2 N–H and O–H groups in total. The van der Waals surface area contributed by atoms with Gasteiger partial charge >= 0.3 is 5.97 Å². The topological polar surface area (TPSA) is 66.4 Å². The standard InChI is InChI=1S/C13H16FNO3/c1-8-4-3-5-10(11(8)14)12(16)15-7-6-9(2)13(17)18/h3-5,9H,6-7H2,1-2H3,(H,15,16)(H,17,18). The van der Waals surface area contributed by atoms with E-state index >= 15 is 0 Å². The van der Waals surface area contributed by atoms with E-state index < -0.39 is 23.6 Å². The highest BCUT2D eigenvalue weighted by molar-refractivity contribution is 5.94. The van der Waals surface area contributed by atoms with Gasteiger partial charge in [-0.05, 0) is 25.0 Å². The average molecular weight is 253 g/mol. The average Bonchev–Trinajstić information content (AvgIpc) is 2.32. The summed E-state index contributed by atoms with van der Waals surface area (Å²) in [6, 6.07) is 4.59. The molecule has 1 aromatic rings. The van der Waals surface area contributed by atoms with Gasteiger partial charge in [-0.25, -0.2) is 4.39 Å². The highest BCUT2D eigenvalue weighted by Gasteiger charge is 2.14. The summed E-state index contributed by atoms with van der Waals surface area (Å²) in [5, 5.41) is 11.2. The van der Waals surface area contributed by atoms with Crippen LogP contribution < -0.4 is 5.32 Å². The number of carbonyl (C=O) groups excluding carboxylic acids is 1. The smallest absolute Gasteiger partial charge is 0.306 e. The minimum atomic E-state index is -0.911. The summed E-state index contributed by atoms with van der Waals surface area (Å²) < 4.78 is 13.6. The first kappa shape index (κ1) is 14.2. The molecule has 0 aliphatic carbocycles. The Bertz CT molecular complexity index is 460. The van der Waals surface area contributed by atoms with Crippen molar-refractivity contribution in [2.24, 2.45) is 5.92 Å². The third-order valence-corrected chi connectivity index (χ3v) is 2.72. The van der Waals surface area contributed by atoms with Crippen LogP contribution >= 0.6 is 0 Å². The number of rotatable bonds is 5. The lowest BCUT2D eigenvalue weighted by Crippen LogP contribution is -2.27. The maximum absolute atomic E-state index is 13.6. The summed E-state index contributed by atoms with van der Waals surface area (Å²) in [5.74, 6) is -2.51. The van der Waals surface area contributed by atoms with Crippen molar-refractivity contribution < 1.29 is 19.1 Å². The van der Waals surface area contributed by atoms with Gasteiger partial charge in [0, 0.05) is 6.54 Å². The second-order valence-corrected chi connectivity index (χ2v) is 4.22. The first-order chi connectivity index (χ1) is 8.43. The number of amides is 1. The Kier molecular flexibility index (Phi) is 4.83. The van der Waals surface area contributed by atoms with Crippen LogP contribution in [0.15, 0.2) is 18.2 Å². The second-order valence-electron chi connectivity index (χ2n) is 4.22. The van der Waals surface area contributed by atoms with Crippen LogP contribution in [-0.4, -0.2) is 23.5 Å². The molecule has 1 unspecified atom stereocenters. The number of carboxylic acid groups (broad SMARTS) is 1. The molecular formula is C13H16FNO3. The van der Waals surface area contributed by atoms with Crippen molar-refractivity contribution in [3.8, 4) is 0 Å². The van der Waals surface area contributed by atoms with Crippen LogP contribution in [0, 0.1) is 18.7 Å². The summed E-state index contributed by atoms with van der Waals surface area (Å²) in [7, 11) is 0. The zero-order chi connectivity index (χ0) is 13.7. The van der Waals surface area contributed by atoms with E-state index in [9.17, 15) is 14.0 Å². The number of carbonyl (C=O) groups is 2. The molecule has 0 aliphatic rings. The molecule has 0 aromatic heterocycles. The number of benzene rings is 1. The molecule has 0 heterocycles. The minimum Gasteiger partial charge on any atom is -0.481 e. The Balaban J connectivity index is 2.56. The van der Waals surface area contributed by atoms with Gasteiger partial charge < -0.3 is 10.4 Å². The number of nitrogens with one attached hydrogen (secondary N) is 1. The van der Waals surface area contributed by atoms with Gasteiger partial charge in [0.2, 0.25) is 0 Å². The third kappa shape index (κ3) is 3.55. The van der Waals surface area contributed by atoms with Crippen molar-refractivity contribution in [3.63, 3.8) is 0 Å². The lowest BCUT2D eigenvalue weighted by Gasteiger charge is -2.09. The van der Waals surface area contributed by atoms with Crippen LogP contribution in [0.1, 0.15) is 29.3 Å². The van der Waals surface area contributed by atoms with Crippen LogP contribution in [0.3, 0.4) is 0 Å². The molecule has 1 atom stereocenters. The minimum absolute atomic E-state index is 0.0158. The fraction of sp³-hybridized carbons (Fsp3) is 0.385. The van der Waals surface area contributed by atoms with Crippen LogP contribution in [0.4, 0.5) is 4.39 Å². The second kappa shape index (κ2) is 6.14. The Labute approximate surface area is 105 Å². The van der Waals surface area contributed by atoms with Crippen LogP contribution in [0.25, 0.3) is 0 Å². The number of hydrogen-bond acceptors (Lipinski definition) is 2. The van der Waals surface area contributed by atoms with Crippen molar-refractivity contribution >= 4 is 11.9 Å². The van der Waals surface area contributed by atoms with Crippen LogP contribution in [0.5, 0.6) is 0 Å². The number of carboxylic acids is 1. The molecule has 0 aliphatic heterocycles. The molecule has 1 amide bonds. The summed E-state index contributed by atoms with van der Waals surface area (Å²) in [5.41, 5.74) is 0.388. The molecule has 5 heteroatoms. The molecule has 0 saturated heterocycles. The Morgan fingerprint density at radius 1 is 1.44 bits per heavy atom. The van der Waals surface area contributed by atoms with Gasteiger partial charge in [-0.15, -0.1) is 0 Å². The number of aliphatic carboxylic acids is 1. The largest absolute Gasteiger partial charge is 0.481 e. The fourth-order valence-corrected chi connectivity index (χ4v) is 1.44. The van der Waals surface area contributed by atoms with E-state index in [1.807, 2.05) is 0 Å². The molecule has 0 fully saturated rings. The monoisotopic (exact) mass is 253 g/mol. The summed E-state index contributed by atoms with van der Waals surface area (Å²) in [6.07, 6.45) is 0.314. The van der Waals surface area contributed by atoms with Crippen molar-refractivity contribution in [2.45, 2.75) is 20.3 Å². The molecule has 1 aromatic carbocycles. The molecular weight excluding hydrogens is 237 g/mol. The molecule has 0 spiro atoms.